The van der Waals surface area contributed by atoms with E-state index >= 15 is 0 Å². The van der Waals surface area contributed by atoms with E-state index in [0.717, 1.165) is 17.2 Å². The van der Waals surface area contributed by atoms with E-state index in [1.165, 1.54) is 31.3 Å². The zero-order chi connectivity index (χ0) is 24.8. The van der Waals surface area contributed by atoms with Crippen molar-refractivity contribution in [1.29, 1.82) is 0 Å². The van der Waals surface area contributed by atoms with Crippen molar-refractivity contribution >= 4 is 40.7 Å². The van der Waals surface area contributed by atoms with Crippen LogP contribution in [-0.2, 0) is 20.1 Å². The first-order chi connectivity index (χ1) is 15.9. The van der Waals surface area contributed by atoms with Crippen LogP contribution in [0.1, 0.15) is 33.5 Å². The van der Waals surface area contributed by atoms with Crippen molar-refractivity contribution in [3.63, 3.8) is 0 Å². The monoisotopic (exact) mass is 515 g/mol. The minimum absolute atomic E-state index is 0.0133. The molecule has 2 amide bonds. The first-order valence-electron chi connectivity index (χ1n) is 10.0. The number of carbonyl (C=O) groups is 2. The van der Waals surface area contributed by atoms with Crippen LogP contribution in [0.3, 0.4) is 0 Å². The molecule has 7 nitrogen and oxygen atoms in total. The van der Waals surface area contributed by atoms with E-state index in [2.05, 4.69) is 10.5 Å². The topological polar surface area (TPSA) is 80.2 Å². The summed E-state index contributed by atoms with van der Waals surface area (Å²) in [6.07, 6.45) is -5.43. The Bertz CT molecular complexity index is 1180. The van der Waals surface area contributed by atoms with Gasteiger partial charge in [-0.2, -0.15) is 13.2 Å². The summed E-state index contributed by atoms with van der Waals surface area (Å²) in [6.45, 7) is 1.64. The molecular formula is C22H18Cl2F3N3O4. The number of hydroxylamine groups is 2. The number of aryl methyl sites for hydroxylation is 1. The molecule has 1 unspecified atom stereocenters. The van der Waals surface area contributed by atoms with Crippen molar-refractivity contribution in [3.8, 4) is 0 Å². The van der Waals surface area contributed by atoms with E-state index < -0.39 is 30.1 Å². The van der Waals surface area contributed by atoms with Gasteiger partial charge in [-0.3, -0.25) is 14.4 Å². The number of amides is 2. The van der Waals surface area contributed by atoms with Crippen molar-refractivity contribution in [2.45, 2.75) is 31.2 Å². The van der Waals surface area contributed by atoms with E-state index in [4.69, 9.17) is 32.9 Å². The number of rotatable bonds is 4. The second kappa shape index (κ2) is 8.75. The fourth-order valence-electron chi connectivity index (χ4n) is 3.82. The lowest BCUT2D eigenvalue weighted by molar-refractivity contribution is -0.275. The minimum Gasteiger partial charge on any atom is -0.374 e. The summed E-state index contributed by atoms with van der Waals surface area (Å²) >= 11 is 11.9. The van der Waals surface area contributed by atoms with Gasteiger partial charge in [-0.05, 0) is 48.4 Å². The number of benzene rings is 2. The predicted octanol–water partition coefficient (Wildman–Crippen LogP) is 4.39. The number of oxime groups is 1. The largest absolute Gasteiger partial charge is 0.435 e. The molecule has 2 aliphatic heterocycles. The van der Waals surface area contributed by atoms with Gasteiger partial charge in [0.25, 0.3) is 17.4 Å². The van der Waals surface area contributed by atoms with Crippen LogP contribution >= 0.6 is 23.2 Å². The third-order valence-corrected chi connectivity index (χ3v) is 6.10. The predicted molar refractivity (Wildman–Crippen MR) is 118 cm³/mol. The summed E-state index contributed by atoms with van der Waals surface area (Å²) in [5, 5.41) is 7.42. The molecule has 12 heteroatoms. The van der Waals surface area contributed by atoms with E-state index in [9.17, 15) is 22.8 Å². The van der Waals surface area contributed by atoms with Crippen molar-refractivity contribution in [1.82, 2.24) is 10.4 Å². The van der Waals surface area contributed by atoms with Gasteiger partial charge < -0.3 is 10.2 Å². The van der Waals surface area contributed by atoms with Crippen LogP contribution in [0.2, 0.25) is 10.0 Å². The van der Waals surface area contributed by atoms with Crippen LogP contribution in [0, 0.1) is 6.92 Å². The molecule has 0 saturated carbocycles. The molecule has 0 radical (unpaired) electrons. The number of hydrogen-bond acceptors (Lipinski definition) is 5. The van der Waals surface area contributed by atoms with E-state index in [-0.39, 0.29) is 39.4 Å². The van der Waals surface area contributed by atoms with E-state index in [0.29, 0.717) is 11.1 Å². The zero-order valence-corrected chi connectivity index (χ0v) is 19.4. The van der Waals surface area contributed by atoms with Gasteiger partial charge >= 0.3 is 6.18 Å². The number of alkyl halides is 3. The Labute approximate surface area is 202 Å². The first-order valence-corrected chi connectivity index (χ1v) is 10.8. The summed E-state index contributed by atoms with van der Waals surface area (Å²) in [6, 6.07) is 7.25. The molecular weight excluding hydrogens is 498 g/mol. The maximum Gasteiger partial charge on any atom is 0.435 e. The smallest absolute Gasteiger partial charge is 0.374 e. The number of nitrogens with one attached hydrogen (secondary N) is 1. The Hall–Kier alpha value is -2.82. The van der Waals surface area contributed by atoms with Gasteiger partial charge in [-0.15, -0.1) is 0 Å². The van der Waals surface area contributed by atoms with Gasteiger partial charge in [0.05, 0.1) is 5.71 Å². The van der Waals surface area contributed by atoms with Gasteiger partial charge in [-0.1, -0.05) is 34.4 Å². The Balaban J connectivity index is 1.58. The van der Waals surface area contributed by atoms with Gasteiger partial charge in [0.2, 0.25) is 0 Å². The Morgan fingerprint density at radius 1 is 1.21 bits per heavy atom. The summed E-state index contributed by atoms with van der Waals surface area (Å²) < 4.78 is 42.5. The second-order valence-corrected chi connectivity index (χ2v) is 8.85. The van der Waals surface area contributed by atoms with E-state index in [1.54, 1.807) is 6.92 Å². The maximum absolute atomic E-state index is 14.2. The van der Waals surface area contributed by atoms with Crippen molar-refractivity contribution < 1.29 is 32.4 Å². The van der Waals surface area contributed by atoms with Crippen LogP contribution in [0.15, 0.2) is 41.6 Å². The van der Waals surface area contributed by atoms with Crippen molar-refractivity contribution in [2.24, 2.45) is 5.16 Å². The van der Waals surface area contributed by atoms with Gasteiger partial charge in [0, 0.05) is 34.6 Å². The fraction of sp³-hybridized carbons (Fsp3) is 0.318. The standard InChI is InChI=1S/C22H18Cl2F3N3O4/c1-11-5-12(3-4-16(11)19(31)28-18-10-33-30(2)20(18)32)17-9-21(34-29-17,22(25,26)27)13-6-14(23)8-15(24)7-13/h3-8,18H,9-10H2,1-2H3,(H,28,31)/t18?,21-/m1/s1. The molecule has 2 heterocycles. The minimum atomic E-state index is -4.82. The molecule has 2 aromatic rings. The average molecular weight is 516 g/mol. The zero-order valence-electron chi connectivity index (χ0n) is 17.9. The normalized spacial score (nSPS) is 22.6. The van der Waals surface area contributed by atoms with Crippen LogP contribution in [0.5, 0.6) is 0 Å². The summed E-state index contributed by atoms with van der Waals surface area (Å²) in [4.78, 5) is 34.6. The molecule has 0 aromatic heterocycles. The lowest BCUT2D eigenvalue weighted by Crippen LogP contribution is -2.42. The first kappa shape index (κ1) is 24.3. The quantitative estimate of drug-likeness (QED) is 0.654. The molecule has 1 N–H and O–H groups in total. The third kappa shape index (κ3) is 4.33. The Morgan fingerprint density at radius 3 is 2.44 bits per heavy atom. The molecule has 1 saturated heterocycles. The lowest BCUT2D eigenvalue weighted by atomic mass is 9.86. The highest BCUT2D eigenvalue weighted by atomic mass is 35.5. The fourth-order valence-corrected chi connectivity index (χ4v) is 4.35. The molecule has 0 bridgehead atoms. The second-order valence-electron chi connectivity index (χ2n) is 7.98. The van der Waals surface area contributed by atoms with Crippen LogP contribution in [0.25, 0.3) is 0 Å². The molecule has 1 fully saturated rings. The third-order valence-electron chi connectivity index (χ3n) is 5.67. The number of halogens is 5. The van der Waals surface area contributed by atoms with Crippen LogP contribution in [-0.4, -0.2) is 48.5 Å². The van der Waals surface area contributed by atoms with Crippen molar-refractivity contribution in [2.75, 3.05) is 13.7 Å². The summed E-state index contributed by atoms with van der Waals surface area (Å²) in [7, 11) is 1.44. The molecule has 34 heavy (non-hydrogen) atoms. The molecule has 0 aliphatic carbocycles. The lowest BCUT2D eigenvalue weighted by Gasteiger charge is -2.29. The van der Waals surface area contributed by atoms with Crippen LogP contribution < -0.4 is 5.32 Å². The number of nitrogens with zero attached hydrogens (tertiary/aromatic N) is 2. The molecule has 2 aliphatic rings. The molecule has 2 atom stereocenters. The average Bonchev–Trinajstić information content (AvgIpc) is 3.33. The summed E-state index contributed by atoms with van der Waals surface area (Å²) in [5.74, 6) is -0.895. The number of likely N-dealkylation sites (N-methyl/N-ethyl adjacent to an activating group) is 1. The highest BCUT2D eigenvalue weighted by Crippen LogP contribution is 2.49. The number of carbonyl (C=O) groups excluding carboxylic acids is 2. The highest BCUT2D eigenvalue weighted by Gasteiger charge is 2.62. The van der Waals surface area contributed by atoms with Crippen LogP contribution in [0.4, 0.5) is 13.2 Å². The SMILES string of the molecule is Cc1cc(C2=NO[C@](c3cc(Cl)cc(Cl)c3)(C(F)(F)F)C2)ccc1C(=O)NC1CON(C)C1=O. The Morgan fingerprint density at radius 2 is 1.88 bits per heavy atom. The molecule has 4 rings (SSSR count). The van der Waals surface area contributed by atoms with Gasteiger partial charge in [-0.25, -0.2) is 5.06 Å². The van der Waals surface area contributed by atoms with Gasteiger partial charge in [0.1, 0.15) is 12.6 Å². The van der Waals surface area contributed by atoms with E-state index in [1.807, 2.05) is 0 Å². The molecule has 2 aromatic carbocycles. The molecule has 180 valence electrons. The Kier molecular flexibility index (Phi) is 6.26. The maximum atomic E-state index is 14.2. The van der Waals surface area contributed by atoms with Crippen molar-refractivity contribution in [3.05, 3.63) is 68.7 Å². The number of hydrogen-bond donors (Lipinski definition) is 1. The highest BCUT2D eigenvalue weighted by molar-refractivity contribution is 6.34. The van der Waals surface area contributed by atoms with Gasteiger partial charge in [0.15, 0.2) is 0 Å². The molecule has 0 spiro atoms. The summed E-state index contributed by atoms with van der Waals surface area (Å²) in [5.41, 5.74) is -1.88.